The van der Waals surface area contributed by atoms with Crippen LogP contribution in [0.4, 0.5) is 11.4 Å². The maximum Gasteiger partial charge on any atom is 0.271 e. The summed E-state index contributed by atoms with van der Waals surface area (Å²) in [5.41, 5.74) is 0.794. The van der Waals surface area contributed by atoms with Crippen LogP contribution in [-0.4, -0.2) is 24.1 Å². The van der Waals surface area contributed by atoms with Crippen molar-refractivity contribution in [2.75, 3.05) is 18.4 Å². The molecular weight excluding hydrogens is 254 g/mol. The molecule has 0 spiro atoms. The first-order valence-corrected chi connectivity index (χ1v) is 6.46. The van der Waals surface area contributed by atoms with Gasteiger partial charge < -0.3 is 10.6 Å². The molecule has 2 rings (SSSR count). The Morgan fingerprint density at radius 2 is 2.22 bits per heavy atom. The summed E-state index contributed by atoms with van der Waals surface area (Å²) in [7, 11) is 0. The van der Waals surface area contributed by atoms with Gasteiger partial charge in [0.1, 0.15) is 0 Å². The second-order valence-electron chi connectivity index (χ2n) is 4.44. The van der Waals surface area contributed by atoms with E-state index in [0.717, 1.165) is 38.0 Å². The van der Waals surface area contributed by atoms with Gasteiger partial charge >= 0.3 is 0 Å². The zero-order chi connectivity index (χ0) is 13.0. The molecule has 6 heteroatoms. The van der Waals surface area contributed by atoms with Gasteiger partial charge in [-0.1, -0.05) is 11.6 Å². The van der Waals surface area contributed by atoms with E-state index in [2.05, 4.69) is 10.6 Å². The Morgan fingerprint density at radius 3 is 2.94 bits per heavy atom. The summed E-state index contributed by atoms with van der Waals surface area (Å²) >= 11 is 6.05. The van der Waals surface area contributed by atoms with Crippen molar-refractivity contribution in [2.24, 2.45) is 0 Å². The maximum absolute atomic E-state index is 10.6. The molecule has 98 valence electrons. The fraction of sp³-hybridized carbons (Fsp3) is 0.500. The van der Waals surface area contributed by atoms with E-state index in [0.29, 0.717) is 11.1 Å². The van der Waals surface area contributed by atoms with Crippen molar-refractivity contribution in [3.8, 4) is 0 Å². The number of nitrogens with one attached hydrogen (secondary N) is 2. The number of rotatable bonds is 3. The monoisotopic (exact) mass is 269 g/mol. The molecule has 0 aliphatic carbocycles. The van der Waals surface area contributed by atoms with Crippen molar-refractivity contribution in [1.82, 2.24) is 5.32 Å². The zero-order valence-electron chi connectivity index (χ0n) is 9.99. The third-order valence-electron chi connectivity index (χ3n) is 3.10. The molecule has 1 heterocycles. The lowest BCUT2D eigenvalue weighted by molar-refractivity contribution is -0.384. The van der Waals surface area contributed by atoms with Gasteiger partial charge in [0.15, 0.2) is 0 Å². The van der Waals surface area contributed by atoms with Crippen LogP contribution in [0.3, 0.4) is 0 Å². The topological polar surface area (TPSA) is 67.2 Å². The molecule has 1 aliphatic rings. The number of nitrogens with zero attached hydrogens (tertiary/aromatic N) is 1. The van der Waals surface area contributed by atoms with Crippen molar-refractivity contribution < 1.29 is 4.92 Å². The second-order valence-corrected chi connectivity index (χ2v) is 4.85. The molecule has 0 bridgehead atoms. The molecule has 0 aromatic heterocycles. The highest BCUT2D eigenvalue weighted by Gasteiger charge is 2.14. The van der Waals surface area contributed by atoms with Gasteiger partial charge in [-0.3, -0.25) is 10.1 Å². The number of non-ortho nitro benzene ring substituents is 1. The molecule has 2 N–H and O–H groups in total. The van der Waals surface area contributed by atoms with Gasteiger partial charge in [0.25, 0.3) is 5.69 Å². The number of hydrogen-bond donors (Lipinski definition) is 2. The van der Waals surface area contributed by atoms with Gasteiger partial charge in [0.05, 0.1) is 15.6 Å². The quantitative estimate of drug-likeness (QED) is 0.654. The molecule has 1 saturated heterocycles. The molecule has 0 radical (unpaired) electrons. The molecule has 1 unspecified atom stereocenters. The molecule has 18 heavy (non-hydrogen) atoms. The van der Waals surface area contributed by atoms with E-state index in [1.165, 1.54) is 12.1 Å². The first kappa shape index (κ1) is 13.1. The summed E-state index contributed by atoms with van der Waals surface area (Å²) in [6, 6.07) is 4.92. The summed E-state index contributed by atoms with van der Waals surface area (Å²) in [6.07, 6.45) is 3.25. The number of nitro groups is 1. The highest BCUT2D eigenvalue weighted by atomic mass is 35.5. The summed E-state index contributed by atoms with van der Waals surface area (Å²) in [4.78, 5) is 10.2. The minimum Gasteiger partial charge on any atom is -0.381 e. The molecule has 0 amide bonds. The van der Waals surface area contributed by atoms with Gasteiger partial charge in [-0.05, 0) is 38.4 Å². The largest absolute Gasteiger partial charge is 0.381 e. The maximum atomic E-state index is 10.6. The molecule has 1 atom stereocenters. The van der Waals surface area contributed by atoms with Crippen LogP contribution in [0.25, 0.3) is 0 Å². The zero-order valence-corrected chi connectivity index (χ0v) is 10.7. The smallest absolute Gasteiger partial charge is 0.271 e. The standard InChI is InChI=1S/C12H16ClN3O2/c13-11-8-10(16(17)18)3-4-12(11)15-9-2-1-6-14-7-5-9/h3-4,8-9,14-15H,1-2,5-7H2. The van der Waals surface area contributed by atoms with E-state index in [-0.39, 0.29) is 5.69 Å². The minimum absolute atomic E-state index is 0.0214. The van der Waals surface area contributed by atoms with E-state index in [1.807, 2.05) is 0 Å². The highest BCUT2D eigenvalue weighted by molar-refractivity contribution is 6.33. The average Bonchev–Trinajstić information content (AvgIpc) is 2.60. The van der Waals surface area contributed by atoms with Crippen LogP contribution < -0.4 is 10.6 Å². The van der Waals surface area contributed by atoms with Crippen LogP contribution in [0.1, 0.15) is 19.3 Å². The van der Waals surface area contributed by atoms with Crippen molar-refractivity contribution in [2.45, 2.75) is 25.3 Å². The molecule has 1 aromatic rings. The molecular formula is C12H16ClN3O2. The van der Waals surface area contributed by atoms with Gasteiger partial charge in [-0.25, -0.2) is 0 Å². The Hall–Kier alpha value is -1.33. The molecule has 5 nitrogen and oxygen atoms in total. The Balaban J connectivity index is 2.06. The molecule has 0 saturated carbocycles. The van der Waals surface area contributed by atoms with Gasteiger partial charge in [-0.2, -0.15) is 0 Å². The van der Waals surface area contributed by atoms with Crippen LogP contribution in [-0.2, 0) is 0 Å². The lowest BCUT2D eigenvalue weighted by Crippen LogP contribution is -2.21. The van der Waals surface area contributed by atoms with Gasteiger partial charge in [0.2, 0.25) is 0 Å². The lowest BCUT2D eigenvalue weighted by Gasteiger charge is -2.18. The van der Waals surface area contributed by atoms with Gasteiger partial charge in [-0.15, -0.1) is 0 Å². The van der Waals surface area contributed by atoms with Crippen LogP contribution in [0.5, 0.6) is 0 Å². The van der Waals surface area contributed by atoms with Crippen molar-refractivity contribution in [1.29, 1.82) is 0 Å². The van der Waals surface area contributed by atoms with E-state index >= 15 is 0 Å². The van der Waals surface area contributed by atoms with Crippen molar-refractivity contribution in [3.05, 3.63) is 33.3 Å². The van der Waals surface area contributed by atoms with Crippen LogP contribution >= 0.6 is 11.6 Å². The second kappa shape index (κ2) is 6.02. The third kappa shape index (κ3) is 3.34. The fourth-order valence-electron chi connectivity index (χ4n) is 2.12. The van der Waals surface area contributed by atoms with Crippen LogP contribution in [0, 0.1) is 10.1 Å². The molecule has 1 fully saturated rings. The number of nitro benzene ring substituents is 1. The first-order chi connectivity index (χ1) is 8.66. The Morgan fingerprint density at radius 1 is 1.39 bits per heavy atom. The summed E-state index contributed by atoms with van der Waals surface area (Å²) in [5.74, 6) is 0. The predicted molar refractivity (Wildman–Crippen MR) is 72.2 cm³/mol. The van der Waals surface area contributed by atoms with E-state index in [9.17, 15) is 10.1 Å². The van der Waals surface area contributed by atoms with Crippen LogP contribution in [0.2, 0.25) is 5.02 Å². The predicted octanol–water partition coefficient (Wildman–Crippen LogP) is 2.80. The fourth-order valence-corrected chi connectivity index (χ4v) is 2.35. The van der Waals surface area contributed by atoms with Crippen molar-refractivity contribution >= 4 is 23.0 Å². The van der Waals surface area contributed by atoms with Gasteiger partial charge in [0, 0.05) is 18.2 Å². The van der Waals surface area contributed by atoms with E-state index < -0.39 is 4.92 Å². The Kier molecular flexibility index (Phi) is 4.38. The van der Waals surface area contributed by atoms with Crippen LogP contribution in [0.15, 0.2) is 18.2 Å². The highest BCUT2D eigenvalue weighted by Crippen LogP contribution is 2.28. The normalized spacial score (nSPS) is 20.2. The Labute approximate surface area is 111 Å². The van der Waals surface area contributed by atoms with E-state index in [1.54, 1.807) is 6.07 Å². The lowest BCUT2D eigenvalue weighted by atomic mass is 10.1. The SMILES string of the molecule is O=[N+]([O-])c1ccc(NC2CCCNCC2)c(Cl)c1. The summed E-state index contributed by atoms with van der Waals surface area (Å²) in [5, 5.41) is 17.7. The van der Waals surface area contributed by atoms with E-state index in [4.69, 9.17) is 11.6 Å². The number of anilines is 1. The Bertz CT molecular complexity index is 431. The molecule has 1 aliphatic heterocycles. The minimum atomic E-state index is -0.439. The number of halogens is 1. The first-order valence-electron chi connectivity index (χ1n) is 6.08. The summed E-state index contributed by atoms with van der Waals surface area (Å²) < 4.78 is 0. The number of hydrogen-bond acceptors (Lipinski definition) is 4. The molecule has 1 aromatic carbocycles. The average molecular weight is 270 g/mol. The number of benzene rings is 1. The van der Waals surface area contributed by atoms with Crippen molar-refractivity contribution in [3.63, 3.8) is 0 Å². The summed E-state index contributed by atoms with van der Waals surface area (Å²) in [6.45, 7) is 2.04. The third-order valence-corrected chi connectivity index (χ3v) is 3.41.